The zero-order valence-electron chi connectivity index (χ0n) is 15.2. The Morgan fingerprint density at radius 2 is 2.24 bits per heavy atom. The number of thiophene rings is 1. The van der Waals surface area contributed by atoms with Gasteiger partial charge in [0.15, 0.2) is 5.16 Å². The summed E-state index contributed by atoms with van der Waals surface area (Å²) >= 11 is 8.47. The molecule has 3 aromatic rings. The van der Waals surface area contributed by atoms with Crippen LogP contribution in [0.2, 0.25) is 5.02 Å². The highest BCUT2D eigenvalue weighted by molar-refractivity contribution is 7.99. The summed E-state index contributed by atoms with van der Waals surface area (Å²) in [5.74, 6) is -0.359. The lowest BCUT2D eigenvalue weighted by molar-refractivity contribution is -0.384. The number of rotatable bonds is 5. The first kappa shape index (κ1) is 19.9. The molecule has 1 amide bonds. The van der Waals surface area contributed by atoms with E-state index in [1.807, 2.05) is 0 Å². The quantitative estimate of drug-likeness (QED) is 0.274. The number of thioether (sulfide) groups is 1. The number of nitrogens with one attached hydrogen (secondary N) is 1. The van der Waals surface area contributed by atoms with E-state index in [9.17, 15) is 19.7 Å². The van der Waals surface area contributed by atoms with E-state index < -0.39 is 4.92 Å². The van der Waals surface area contributed by atoms with Crippen molar-refractivity contribution in [2.45, 2.75) is 24.4 Å². The Hall–Kier alpha value is -2.43. The summed E-state index contributed by atoms with van der Waals surface area (Å²) in [6.07, 6.45) is 2.96. The van der Waals surface area contributed by atoms with Crippen LogP contribution in [-0.4, -0.2) is 26.1 Å². The monoisotopic (exact) mass is 450 g/mol. The summed E-state index contributed by atoms with van der Waals surface area (Å²) in [6, 6.07) is 4.06. The largest absolute Gasteiger partial charge is 0.325 e. The average molecular weight is 451 g/mol. The standard InChI is InChI=1S/C18H15ClN4O4S2/c1-22-17(25)15-10-3-2-4-13(10)29-16(15)21-18(22)28-8-14(24)20-9-5-6-11(19)12(7-9)23(26)27/h5-7H,2-4,8H2,1H3,(H,20,24). The number of amides is 1. The summed E-state index contributed by atoms with van der Waals surface area (Å²) < 4.78 is 1.47. The van der Waals surface area contributed by atoms with Gasteiger partial charge in [0.25, 0.3) is 11.2 Å². The number of nitrogens with zero attached hydrogens (tertiary/aromatic N) is 3. The van der Waals surface area contributed by atoms with Crippen LogP contribution in [-0.2, 0) is 24.7 Å². The molecule has 0 saturated heterocycles. The molecule has 0 bridgehead atoms. The van der Waals surface area contributed by atoms with Gasteiger partial charge in [-0.3, -0.25) is 24.3 Å². The molecule has 2 heterocycles. The van der Waals surface area contributed by atoms with Crippen LogP contribution in [0.25, 0.3) is 10.2 Å². The van der Waals surface area contributed by atoms with Crippen molar-refractivity contribution in [3.05, 3.63) is 54.1 Å². The summed E-state index contributed by atoms with van der Waals surface area (Å²) in [4.78, 5) is 41.9. The van der Waals surface area contributed by atoms with E-state index in [1.54, 1.807) is 18.4 Å². The van der Waals surface area contributed by atoms with E-state index in [0.717, 1.165) is 36.6 Å². The molecule has 0 radical (unpaired) electrons. The lowest BCUT2D eigenvalue weighted by Crippen LogP contribution is -2.21. The van der Waals surface area contributed by atoms with Gasteiger partial charge in [0.05, 0.1) is 16.1 Å². The summed E-state index contributed by atoms with van der Waals surface area (Å²) in [5, 5.41) is 14.7. The molecule has 0 saturated carbocycles. The lowest BCUT2D eigenvalue weighted by Gasteiger charge is -2.08. The topological polar surface area (TPSA) is 107 Å². The van der Waals surface area contributed by atoms with Crippen LogP contribution >= 0.6 is 34.7 Å². The van der Waals surface area contributed by atoms with Crippen molar-refractivity contribution in [1.29, 1.82) is 0 Å². The summed E-state index contributed by atoms with van der Waals surface area (Å²) in [5.41, 5.74) is 1.03. The predicted octanol–water partition coefficient (Wildman–Crippen LogP) is 3.78. The maximum atomic E-state index is 12.8. The molecule has 1 aromatic carbocycles. The number of fused-ring (bicyclic) bond motifs is 3. The lowest BCUT2D eigenvalue weighted by atomic mass is 10.2. The Labute approximate surface area is 178 Å². The van der Waals surface area contributed by atoms with Crippen LogP contribution in [0.5, 0.6) is 0 Å². The molecule has 150 valence electrons. The fourth-order valence-electron chi connectivity index (χ4n) is 3.29. The summed E-state index contributed by atoms with van der Waals surface area (Å²) in [6.45, 7) is 0. The highest BCUT2D eigenvalue weighted by Crippen LogP contribution is 2.35. The summed E-state index contributed by atoms with van der Waals surface area (Å²) in [7, 11) is 1.65. The maximum Gasteiger partial charge on any atom is 0.289 e. The van der Waals surface area contributed by atoms with Crippen LogP contribution in [0.15, 0.2) is 28.2 Å². The first-order chi connectivity index (χ1) is 13.8. The average Bonchev–Trinajstić information content (AvgIpc) is 3.25. The zero-order chi connectivity index (χ0) is 20.7. The highest BCUT2D eigenvalue weighted by Gasteiger charge is 2.22. The second kappa shape index (κ2) is 7.77. The number of anilines is 1. The van der Waals surface area contributed by atoms with Crippen LogP contribution in [0.3, 0.4) is 0 Å². The van der Waals surface area contributed by atoms with E-state index in [4.69, 9.17) is 11.6 Å². The van der Waals surface area contributed by atoms with E-state index >= 15 is 0 Å². The van der Waals surface area contributed by atoms with Crippen molar-refractivity contribution < 1.29 is 9.72 Å². The molecular weight excluding hydrogens is 436 g/mol. The number of halogens is 1. The van der Waals surface area contributed by atoms with Gasteiger partial charge >= 0.3 is 0 Å². The van der Waals surface area contributed by atoms with Crippen molar-refractivity contribution in [2.75, 3.05) is 11.1 Å². The molecule has 1 aliphatic rings. The van der Waals surface area contributed by atoms with Gasteiger partial charge in [-0.05, 0) is 37.0 Å². The van der Waals surface area contributed by atoms with Crippen LogP contribution in [0.1, 0.15) is 16.9 Å². The van der Waals surface area contributed by atoms with Gasteiger partial charge in [0.2, 0.25) is 5.91 Å². The first-order valence-corrected chi connectivity index (χ1v) is 10.9. The number of nitro groups is 1. The molecule has 0 unspecified atom stereocenters. The van der Waals surface area contributed by atoms with Gasteiger partial charge in [-0.25, -0.2) is 4.98 Å². The minimum absolute atomic E-state index is 0.00211. The molecular formula is C18H15ClN4O4S2. The molecule has 4 rings (SSSR count). The van der Waals surface area contributed by atoms with Crippen molar-refractivity contribution in [1.82, 2.24) is 9.55 Å². The van der Waals surface area contributed by atoms with Crippen molar-refractivity contribution in [2.24, 2.45) is 7.05 Å². The smallest absolute Gasteiger partial charge is 0.289 e. The fraction of sp³-hybridized carbons (Fsp3) is 0.278. The second-order valence-electron chi connectivity index (χ2n) is 6.56. The third kappa shape index (κ3) is 3.75. The number of carbonyl (C=O) groups is 1. The normalized spacial score (nSPS) is 12.9. The van der Waals surface area contributed by atoms with E-state index in [2.05, 4.69) is 10.3 Å². The van der Waals surface area contributed by atoms with E-state index in [1.165, 1.54) is 27.6 Å². The Bertz CT molecular complexity index is 1220. The first-order valence-electron chi connectivity index (χ1n) is 8.73. The third-order valence-electron chi connectivity index (χ3n) is 4.66. The molecule has 29 heavy (non-hydrogen) atoms. The van der Waals surface area contributed by atoms with Gasteiger partial charge in [-0.1, -0.05) is 23.4 Å². The number of aryl methyl sites for hydroxylation is 2. The zero-order valence-corrected chi connectivity index (χ0v) is 17.6. The van der Waals surface area contributed by atoms with Gasteiger partial charge in [-0.15, -0.1) is 11.3 Å². The second-order valence-corrected chi connectivity index (χ2v) is 8.99. The predicted molar refractivity (Wildman–Crippen MR) is 114 cm³/mol. The van der Waals surface area contributed by atoms with Crippen molar-refractivity contribution >= 4 is 62.2 Å². The number of hydrogen-bond donors (Lipinski definition) is 1. The van der Waals surface area contributed by atoms with Gasteiger partial charge in [0.1, 0.15) is 9.85 Å². The number of hydrogen-bond acceptors (Lipinski definition) is 7. The van der Waals surface area contributed by atoms with Crippen LogP contribution in [0, 0.1) is 10.1 Å². The number of nitro benzene ring substituents is 1. The highest BCUT2D eigenvalue weighted by atomic mass is 35.5. The molecule has 0 aliphatic heterocycles. The minimum atomic E-state index is -0.611. The Balaban J connectivity index is 1.51. The maximum absolute atomic E-state index is 12.8. The number of aromatic nitrogens is 2. The molecule has 11 heteroatoms. The van der Waals surface area contributed by atoms with Crippen molar-refractivity contribution in [3.8, 4) is 0 Å². The minimum Gasteiger partial charge on any atom is -0.325 e. The molecule has 0 fully saturated rings. The Morgan fingerprint density at radius 3 is 3.00 bits per heavy atom. The van der Waals surface area contributed by atoms with Crippen molar-refractivity contribution in [3.63, 3.8) is 0 Å². The van der Waals surface area contributed by atoms with Gasteiger partial charge in [-0.2, -0.15) is 0 Å². The van der Waals surface area contributed by atoms with E-state index in [-0.39, 0.29) is 33.6 Å². The van der Waals surface area contributed by atoms with Gasteiger partial charge < -0.3 is 5.32 Å². The van der Waals surface area contributed by atoms with Crippen LogP contribution < -0.4 is 10.9 Å². The van der Waals surface area contributed by atoms with Gasteiger partial charge in [0, 0.05) is 23.7 Å². The Morgan fingerprint density at radius 1 is 1.45 bits per heavy atom. The number of carbonyl (C=O) groups excluding carboxylic acids is 1. The molecule has 0 atom stereocenters. The third-order valence-corrected chi connectivity index (χ3v) is 7.20. The molecule has 8 nitrogen and oxygen atoms in total. The number of benzene rings is 1. The molecule has 1 N–H and O–H groups in total. The van der Waals surface area contributed by atoms with Crippen LogP contribution in [0.4, 0.5) is 11.4 Å². The molecule has 0 spiro atoms. The SMILES string of the molecule is Cn1c(SCC(=O)Nc2ccc(Cl)c([N+](=O)[O-])c2)nc2sc3c(c2c1=O)CCC3. The Kier molecular flexibility index (Phi) is 5.32. The molecule has 2 aromatic heterocycles. The fourth-order valence-corrected chi connectivity index (χ4v) is 5.55. The molecule has 1 aliphatic carbocycles. The van der Waals surface area contributed by atoms with E-state index in [0.29, 0.717) is 15.4 Å².